The topological polar surface area (TPSA) is 110 Å². The van der Waals surface area contributed by atoms with Crippen LogP contribution in [0.5, 0.6) is 11.6 Å². The second kappa shape index (κ2) is 9.86. The van der Waals surface area contributed by atoms with Crippen LogP contribution in [0.25, 0.3) is 5.69 Å². The van der Waals surface area contributed by atoms with Gasteiger partial charge < -0.3 is 15.2 Å². The first kappa shape index (κ1) is 24.4. The van der Waals surface area contributed by atoms with Gasteiger partial charge in [0.25, 0.3) is 0 Å². The van der Waals surface area contributed by atoms with Crippen LogP contribution in [0.3, 0.4) is 0 Å². The fourth-order valence-corrected chi connectivity index (χ4v) is 3.48. The van der Waals surface area contributed by atoms with E-state index in [9.17, 15) is 27.9 Å². The van der Waals surface area contributed by atoms with E-state index in [1.165, 1.54) is 29.8 Å². The minimum atomic E-state index is -4.85. The molecule has 0 bridgehead atoms. The van der Waals surface area contributed by atoms with Crippen LogP contribution in [-0.4, -0.2) is 31.6 Å². The number of urea groups is 1. The largest absolute Gasteiger partial charge is 0.573 e. The Kier molecular flexibility index (Phi) is 6.68. The Morgan fingerprint density at radius 2 is 1.75 bits per heavy atom. The summed E-state index contributed by atoms with van der Waals surface area (Å²) in [6, 6.07) is 16.1. The van der Waals surface area contributed by atoms with E-state index in [4.69, 9.17) is 0 Å². The number of hydrogen-bond donors (Lipinski definition) is 3. The predicted octanol–water partition coefficient (Wildman–Crippen LogP) is 4.64. The highest BCUT2D eigenvalue weighted by atomic mass is 19.4. The van der Waals surface area contributed by atoms with Crippen LogP contribution in [0.4, 0.5) is 29.5 Å². The molecule has 0 saturated carbocycles. The minimum absolute atomic E-state index is 0.0397. The highest BCUT2D eigenvalue weighted by molar-refractivity contribution is 5.99. The Hall–Kier alpha value is -4.74. The SMILES string of the molecule is Cc1c(O)n(-c2ccc(OC(F)(F)F)cc2)c(=O)n1Cc1ccnc(NC(=O)Nc2ccccc2)c1. The van der Waals surface area contributed by atoms with Gasteiger partial charge in [-0.05, 0) is 61.0 Å². The zero-order chi connectivity index (χ0) is 25.9. The van der Waals surface area contributed by atoms with Crippen LogP contribution < -0.4 is 21.1 Å². The first-order chi connectivity index (χ1) is 17.1. The van der Waals surface area contributed by atoms with E-state index in [1.54, 1.807) is 36.4 Å². The van der Waals surface area contributed by atoms with Gasteiger partial charge in [-0.2, -0.15) is 0 Å². The van der Waals surface area contributed by atoms with Crippen molar-refractivity contribution in [2.24, 2.45) is 0 Å². The highest BCUT2D eigenvalue weighted by Crippen LogP contribution is 2.26. The van der Waals surface area contributed by atoms with Crippen LogP contribution in [0.15, 0.2) is 77.7 Å². The fourth-order valence-electron chi connectivity index (χ4n) is 3.48. The first-order valence-corrected chi connectivity index (χ1v) is 10.6. The van der Waals surface area contributed by atoms with Crippen molar-refractivity contribution in [1.29, 1.82) is 0 Å². The van der Waals surface area contributed by atoms with Gasteiger partial charge in [0, 0.05) is 11.9 Å². The third kappa shape index (κ3) is 5.66. The smallest absolute Gasteiger partial charge is 0.493 e. The maximum Gasteiger partial charge on any atom is 0.573 e. The Morgan fingerprint density at radius 3 is 2.42 bits per heavy atom. The van der Waals surface area contributed by atoms with E-state index in [1.807, 2.05) is 6.07 Å². The fraction of sp³-hybridized carbons (Fsp3) is 0.125. The maximum absolute atomic E-state index is 13.1. The lowest BCUT2D eigenvalue weighted by atomic mass is 10.2. The first-order valence-electron chi connectivity index (χ1n) is 10.6. The number of amides is 2. The summed E-state index contributed by atoms with van der Waals surface area (Å²) in [6.45, 7) is 1.57. The van der Waals surface area contributed by atoms with Crippen LogP contribution >= 0.6 is 0 Å². The lowest BCUT2D eigenvalue weighted by Gasteiger charge is -2.09. The molecule has 36 heavy (non-hydrogen) atoms. The predicted molar refractivity (Wildman–Crippen MR) is 126 cm³/mol. The van der Waals surface area contributed by atoms with Gasteiger partial charge in [0.1, 0.15) is 11.6 Å². The second-order valence-electron chi connectivity index (χ2n) is 7.65. The monoisotopic (exact) mass is 499 g/mol. The number of nitrogens with one attached hydrogen (secondary N) is 2. The van der Waals surface area contributed by atoms with E-state index >= 15 is 0 Å². The van der Waals surface area contributed by atoms with Gasteiger partial charge >= 0.3 is 18.1 Å². The zero-order valence-electron chi connectivity index (χ0n) is 18.8. The molecule has 2 amide bonds. The molecule has 12 heteroatoms. The average Bonchev–Trinajstić information content (AvgIpc) is 3.02. The van der Waals surface area contributed by atoms with Gasteiger partial charge in [-0.25, -0.2) is 19.1 Å². The zero-order valence-corrected chi connectivity index (χ0v) is 18.8. The molecule has 0 aliphatic heterocycles. The number of ether oxygens (including phenoxy) is 1. The number of para-hydroxylation sites is 1. The van der Waals surface area contributed by atoms with E-state index < -0.39 is 23.8 Å². The summed E-state index contributed by atoms with van der Waals surface area (Å²) in [6.07, 6.45) is -3.38. The number of imidazole rings is 1. The van der Waals surface area contributed by atoms with Gasteiger partial charge in [0.05, 0.1) is 17.9 Å². The summed E-state index contributed by atoms with van der Waals surface area (Å²) in [5, 5.41) is 15.8. The molecule has 2 heterocycles. The van der Waals surface area contributed by atoms with E-state index in [-0.39, 0.29) is 29.6 Å². The van der Waals surface area contributed by atoms with Gasteiger partial charge in [-0.15, -0.1) is 13.2 Å². The van der Waals surface area contributed by atoms with Crippen molar-refractivity contribution in [3.63, 3.8) is 0 Å². The molecule has 3 N–H and O–H groups in total. The summed E-state index contributed by atoms with van der Waals surface area (Å²) in [4.78, 5) is 29.4. The summed E-state index contributed by atoms with van der Waals surface area (Å²) < 4.78 is 43.3. The van der Waals surface area contributed by atoms with Crippen molar-refractivity contribution in [3.05, 3.63) is 94.7 Å². The van der Waals surface area contributed by atoms with Gasteiger partial charge in [-0.3, -0.25) is 9.88 Å². The molecule has 0 fully saturated rings. The third-order valence-electron chi connectivity index (χ3n) is 5.13. The summed E-state index contributed by atoms with van der Waals surface area (Å²) >= 11 is 0. The number of halogens is 3. The minimum Gasteiger partial charge on any atom is -0.493 e. The second-order valence-corrected chi connectivity index (χ2v) is 7.65. The quantitative estimate of drug-likeness (QED) is 0.358. The number of carbonyl (C=O) groups is 1. The molecular weight excluding hydrogens is 479 g/mol. The summed E-state index contributed by atoms with van der Waals surface area (Å²) in [5.74, 6) is -0.572. The molecule has 9 nitrogen and oxygen atoms in total. The maximum atomic E-state index is 13.1. The van der Waals surface area contributed by atoms with Crippen molar-refractivity contribution < 1.29 is 27.8 Å². The number of aromatic hydroxyl groups is 1. The molecule has 4 aromatic rings. The molecule has 2 aromatic carbocycles. The van der Waals surface area contributed by atoms with Gasteiger partial charge in [0.15, 0.2) is 0 Å². The molecule has 0 atom stereocenters. The third-order valence-corrected chi connectivity index (χ3v) is 5.13. The summed E-state index contributed by atoms with van der Waals surface area (Å²) in [7, 11) is 0. The normalized spacial score (nSPS) is 11.2. The molecule has 186 valence electrons. The molecule has 4 rings (SSSR count). The molecule has 0 unspecified atom stereocenters. The van der Waals surface area contributed by atoms with Crippen LogP contribution in [0, 0.1) is 6.92 Å². The average molecular weight is 499 g/mol. The van der Waals surface area contributed by atoms with Crippen molar-refractivity contribution in [3.8, 4) is 17.3 Å². The number of alkyl halides is 3. The standard InChI is InChI=1S/C24H20F3N5O4/c1-15-21(33)32(18-7-9-19(10-8-18)36-24(25,26)27)23(35)31(15)14-16-11-12-28-20(13-16)30-22(34)29-17-5-3-2-4-6-17/h2-13,33H,14H2,1H3,(H2,28,29,30,34). The molecule has 0 aliphatic rings. The number of anilines is 2. The van der Waals surface area contributed by atoms with Crippen molar-refractivity contribution in [2.75, 3.05) is 10.6 Å². The molecule has 0 radical (unpaired) electrons. The molecule has 0 spiro atoms. The molecule has 2 aromatic heterocycles. The summed E-state index contributed by atoms with van der Waals surface area (Å²) in [5.41, 5.74) is 0.995. The number of benzene rings is 2. The Labute approximate surface area is 202 Å². The number of nitrogens with zero attached hydrogens (tertiary/aromatic N) is 3. The molecule has 0 aliphatic carbocycles. The lowest BCUT2D eigenvalue weighted by Crippen LogP contribution is -2.24. The number of pyridine rings is 1. The number of carbonyl (C=O) groups excluding carboxylic acids is 1. The van der Waals surface area contributed by atoms with Crippen molar-refractivity contribution in [1.82, 2.24) is 14.1 Å². The molecular formula is C24H20F3N5O4. The van der Waals surface area contributed by atoms with Gasteiger partial charge in [0.2, 0.25) is 5.88 Å². The number of aromatic nitrogens is 3. The number of rotatable bonds is 6. The number of hydrogen-bond acceptors (Lipinski definition) is 5. The van der Waals surface area contributed by atoms with Crippen LogP contribution in [0.1, 0.15) is 11.3 Å². The van der Waals surface area contributed by atoms with E-state index in [0.29, 0.717) is 11.3 Å². The van der Waals surface area contributed by atoms with E-state index in [2.05, 4.69) is 20.4 Å². The Balaban J connectivity index is 1.53. The van der Waals surface area contributed by atoms with E-state index in [0.717, 1.165) is 16.7 Å². The van der Waals surface area contributed by atoms with Crippen LogP contribution in [-0.2, 0) is 6.54 Å². The van der Waals surface area contributed by atoms with Gasteiger partial charge in [-0.1, -0.05) is 18.2 Å². The van der Waals surface area contributed by atoms with Crippen molar-refractivity contribution >= 4 is 17.5 Å². The Morgan fingerprint density at radius 1 is 1.06 bits per heavy atom. The molecule has 0 saturated heterocycles. The van der Waals surface area contributed by atoms with Crippen molar-refractivity contribution in [2.45, 2.75) is 19.8 Å². The highest BCUT2D eigenvalue weighted by Gasteiger charge is 2.31. The van der Waals surface area contributed by atoms with Crippen LogP contribution in [0.2, 0.25) is 0 Å². The lowest BCUT2D eigenvalue weighted by molar-refractivity contribution is -0.274. The Bertz CT molecular complexity index is 1430.